The Morgan fingerprint density at radius 3 is 2.65 bits per heavy atom. The molecule has 1 aromatic rings. The van der Waals surface area contributed by atoms with E-state index in [9.17, 15) is 9.59 Å². The summed E-state index contributed by atoms with van der Waals surface area (Å²) in [6.07, 6.45) is 4.88. The van der Waals surface area contributed by atoms with Gasteiger partial charge in [-0.1, -0.05) is 24.6 Å². The van der Waals surface area contributed by atoms with Crippen LogP contribution in [-0.4, -0.2) is 44.7 Å². The lowest BCUT2D eigenvalue weighted by Crippen LogP contribution is -2.39. The molecule has 1 atom stereocenters. The van der Waals surface area contributed by atoms with Gasteiger partial charge in [0.25, 0.3) is 0 Å². The molecular formula is C16H24N4O2S. The molecule has 1 saturated heterocycles. The molecule has 0 aromatic carbocycles. The van der Waals surface area contributed by atoms with E-state index in [0.29, 0.717) is 19.1 Å². The van der Waals surface area contributed by atoms with Crippen LogP contribution in [0.25, 0.3) is 0 Å². The van der Waals surface area contributed by atoms with Gasteiger partial charge in [-0.15, -0.1) is 0 Å². The average Bonchev–Trinajstić information content (AvgIpc) is 3.22. The third-order valence-corrected chi connectivity index (χ3v) is 5.85. The number of nitrogens with one attached hydrogen (secondary N) is 1. The predicted octanol–water partition coefficient (Wildman–Crippen LogP) is 2.65. The number of rotatable bonds is 4. The standard InChI is InChI=1S/C16H24N4O2S/c1-10-11(2)20(13-6-4-5-7-13)16(18-10)23-12(3)14(21)19-9-8-17-15(19)22/h12-13H,4-9H2,1-3H3,(H,17,22)/t12-/m1/s1. The lowest BCUT2D eigenvalue weighted by atomic mass is 10.2. The van der Waals surface area contributed by atoms with Gasteiger partial charge >= 0.3 is 6.03 Å². The highest BCUT2D eigenvalue weighted by Gasteiger charge is 2.32. The number of imide groups is 1. The number of aromatic nitrogens is 2. The summed E-state index contributed by atoms with van der Waals surface area (Å²) >= 11 is 1.47. The van der Waals surface area contributed by atoms with Crippen LogP contribution in [-0.2, 0) is 4.79 Å². The molecule has 1 N–H and O–H groups in total. The van der Waals surface area contributed by atoms with Crippen LogP contribution < -0.4 is 5.32 Å². The van der Waals surface area contributed by atoms with Crippen LogP contribution in [0.4, 0.5) is 4.79 Å². The number of amides is 3. The topological polar surface area (TPSA) is 67.2 Å². The molecule has 0 spiro atoms. The highest BCUT2D eigenvalue weighted by Crippen LogP contribution is 2.36. The van der Waals surface area contributed by atoms with Gasteiger partial charge < -0.3 is 9.88 Å². The van der Waals surface area contributed by atoms with Gasteiger partial charge in [0.05, 0.1) is 10.9 Å². The van der Waals surface area contributed by atoms with E-state index in [1.165, 1.54) is 48.0 Å². The fourth-order valence-electron chi connectivity index (χ4n) is 3.38. The van der Waals surface area contributed by atoms with E-state index < -0.39 is 0 Å². The first-order chi connectivity index (χ1) is 11.0. The zero-order chi connectivity index (χ0) is 16.6. The summed E-state index contributed by atoms with van der Waals surface area (Å²) in [6, 6.07) is 0.213. The van der Waals surface area contributed by atoms with Crippen molar-refractivity contribution >= 4 is 23.7 Å². The smallest absolute Gasteiger partial charge is 0.324 e. The van der Waals surface area contributed by atoms with Gasteiger partial charge in [-0.3, -0.25) is 9.69 Å². The molecule has 7 heteroatoms. The van der Waals surface area contributed by atoms with Crippen molar-refractivity contribution in [3.05, 3.63) is 11.4 Å². The van der Waals surface area contributed by atoms with Crippen LogP contribution in [0.1, 0.15) is 50.0 Å². The molecule has 0 unspecified atom stereocenters. The fourth-order valence-corrected chi connectivity index (χ4v) is 4.52. The van der Waals surface area contributed by atoms with Crippen molar-refractivity contribution in [1.82, 2.24) is 19.8 Å². The molecule has 1 aromatic heterocycles. The van der Waals surface area contributed by atoms with Gasteiger partial charge in [0, 0.05) is 24.8 Å². The molecule has 0 bridgehead atoms. The third kappa shape index (κ3) is 3.11. The Morgan fingerprint density at radius 2 is 2.04 bits per heavy atom. The number of urea groups is 1. The molecule has 23 heavy (non-hydrogen) atoms. The molecule has 1 saturated carbocycles. The number of aryl methyl sites for hydroxylation is 1. The van der Waals surface area contributed by atoms with Crippen molar-refractivity contribution in [3.63, 3.8) is 0 Å². The number of nitrogens with zero attached hydrogens (tertiary/aromatic N) is 3. The minimum Gasteiger partial charge on any atom is -0.336 e. The van der Waals surface area contributed by atoms with Gasteiger partial charge in [0.1, 0.15) is 0 Å². The van der Waals surface area contributed by atoms with Gasteiger partial charge in [0.2, 0.25) is 5.91 Å². The highest BCUT2D eigenvalue weighted by molar-refractivity contribution is 8.00. The van der Waals surface area contributed by atoms with Crippen LogP contribution in [0, 0.1) is 13.8 Å². The maximum Gasteiger partial charge on any atom is 0.324 e. The first-order valence-electron chi connectivity index (χ1n) is 8.30. The van der Waals surface area contributed by atoms with E-state index in [2.05, 4.69) is 21.8 Å². The Balaban J connectivity index is 1.78. The molecule has 3 rings (SSSR count). The first-order valence-corrected chi connectivity index (χ1v) is 9.18. The Hall–Kier alpha value is -1.50. The Labute approximate surface area is 141 Å². The fraction of sp³-hybridized carbons (Fsp3) is 0.688. The molecule has 126 valence electrons. The quantitative estimate of drug-likeness (QED) is 0.858. The second kappa shape index (κ2) is 6.55. The summed E-state index contributed by atoms with van der Waals surface area (Å²) in [6.45, 7) is 6.97. The van der Waals surface area contributed by atoms with Crippen LogP contribution in [0.15, 0.2) is 5.16 Å². The Kier molecular flexibility index (Phi) is 4.66. The van der Waals surface area contributed by atoms with Gasteiger partial charge in [-0.2, -0.15) is 0 Å². The third-order valence-electron chi connectivity index (χ3n) is 4.80. The maximum atomic E-state index is 12.5. The monoisotopic (exact) mass is 336 g/mol. The van der Waals surface area contributed by atoms with E-state index >= 15 is 0 Å². The number of carbonyl (C=O) groups is 2. The van der Waals surface area contributed by atoms with Crippen molar-refractivity contribution in [3.8, 4) is 0 Å². The summed E-state index contributed by atoms with van der Waals surface area (Å²) < 4.78 is 2.31. The second-order valence-electron chi connectivity index (χ2n) is 6.36. The minimum absolute atomic E-state index is 0.138. The van der Waals surface area contributed by atoms with Crippen molar-refractivity contribution in [2.75, 3.05) is 13.1 Å². The summed E-state index contributed by atoms with van der Waals surface area (Å²) in [5.41, 5.74) is 2.22. The van der Waals surface area contributed by atoms with Crippen molar-refractivity contribution in [2.45, 2.75) is 62.9 Å². The van der Waals surface area contributed by atoms with Gasteiger partial charge in [-0.25, -0.2) is 9.78 Å². The number of hydrogen-bond donors (Lipinski definition) is 1. The van der Waals surface area contributed by atoms with Crippen molar-refractivity contribution in [1.29, 1.82) is 0 Å². The van der Waals surface area contributed by atoms with E-state index in [-0.39, 0.29) is 17.2 Å². The summed E-state index contributed by atoms with van der Waals surface area (Å²) in [7, 11) is 0. The van der Waals surface area contributed by atoms with E-state index in [1.807, 2.05) is 13.8 Å². The molecule has 0 radical (unpaired) electrons. The Morgan fingerprint density at radius 1 is 1.35 bits per heavy atom. The van der Waals surface area contributed by atoms with Gasteiger partial charge in [0.15, 0.2) is 5.16 Å². The average molecular weight is 336 g/mol. The second-order valence-corrected chi connectivity index (χ2v) is 7.66. The molecule has 1 aliphatic carbocycles. The van der Waals surface area contributed by atoms with Crippen LogP contribution in [0.5, 0.6) is 0 Å². The normalized spacial score (nSPS) is 20.1. The summed E-state index contributed by atoms with van der Waals surface area (Å²) in [4.78, 5) is 30.1. The Bertz CT molecular complexity index is 622. The number of carbonyl (C=O) groups excluding carboxylic acids is 2. The first kappa shape index (κ1) is 16.4. The van der Waals surface area contributed by atoms with Crippen molar-refractivity contribution in [2.24, 2.45) is 0 Å². The lowest BCUT2D eigenvalue weighted by Gasteiger charge is -2.20. The van der Waals surface area contributed by atoms with Crippen LogP contribution >= 0.6 is 11.8 Å². The van der Waals surface area contributed by atoms with Crippen LogP contribution in [0.3, 0.4) is 0 Å². The largest absolute Gasteiger partial charge is 0.336 e. The number of imidazole rings is 1. The highest BCUT2D eigenvalue weighted by atomic mass is 32.2. The summed E-state index contributed by atoms with van der Waals surface area (Å²) in [5, 5.41) is 3.27. The molecule has 1 aliphatic heterocycles. The molecular weight excluding hydrogens is 312 g/mol. The molecule has 6 nitrogen and oxygen atoms in total. The predicted molar refractivity (Wildman–Crippen MR) is 89.6 cm³/mol. The SMILES string of the molecule is Cc1nc(S[C@H](C)C(=O)N2CCNC2=O)n(C2CCCC2)c1C. The lowest BCUT2D eigenvalue weighted by molar-refractivity contribution is -0.126. The summed E-state index contributed by atoms with van der Waals surface area (Å²) in [5.74, 6) is -0.138. The van der Waals surface area contributed by atoms with E-state index in [0.717, 1.165) is 10.9 Å². The molecule has 2 fully saturated rings. The molecule has 2 aliphatic rings. The number of hydrogen-bond acceptors (Lipinski definition) is 4. The van der Waals surface area contributed by atoms with E-state index in [1.54, 1.807) is 0 Å². The van der Waals surface area contributed by atoms with Crippen molar-refractivity contribution < 1.29 is 9.59 Å². The molecule has 2 heterocycles. The van der Waals surface area contributed by atoms with Crippen LogP contribution in [0.2, 0.25) is 0 Å². The number of thioether (sulfide) groups is 1. The zero-order valence-electron chi connectivity index (χ0n) is 14.0. The van der Waals surface area contributed by atoms with Gasteiger partial charge in [-0.05, 0) is 33.6 Å². The zero-order valence-corrected chi connectivity index (χ0v) is 14.8. The minimum atomic E-state index is -0.319. The van der Waals surface area contributed by atoms with E-state index in [4.69, 9.17) is 0 Å². The maximum absolute atomic E-state index is 12.5. The molecule has 3 amide bonds.